The molecule has 2 aromatic carbocycles. The van der Waals surface area contributed by atoms with Crippen LogP contribution in [0.15, 0.2) is 75.2 Å². The molecule has 0 spiro atoms. The lowest BCUT2D eigenvalue weighted by Crippen LogP contribution is -2.38. The van der Waals surface area contributed by atoms with E-state index in [1.54, 1.807) is 36.6 Å². The number of halogens is 1. The van der Waals surface area contributed by atoms with E-state index in [1.807, 2.05) is 38.1 Å². The lowest BCUT2D eigenvalue weighted by Gasteiger charge is -2.11. The second kappa shape index (κ2) is 12.6. The van der Waals surface area contributed by atoms with Crippen LogP contribution in [-0.2, 0) is 16.4 Å². The van der Waals surface area contributed by atoms with Gasteiger partial charge in [0.2, 0.25) is 5.89 Å². The number of aromatic nitrogens is 1. The van der Waals surface area contributed by atoms with Gasteiger partial charge in [-0.25, -0.2) is 18.4 Å². The highest BCUT2D eigenvalue weighted by atomic mass is 127. The molecule has 0 aliphatic carbocycles. The van der Waals surface area contributed by atoms with Gasteiger partial charge in [0, 0.05) is 18.7 Å². The van der Waals surface area contributed by atoms with Crippen LogP contribution in [0.25, 0.3) is 11.5 Å². The minimum atomic E-state index is -3.27. The molecule has 0 aliphatic heterocycles. The van der Waals surface area contributed by atoms with E-state index in [-0.39, 0.29) is 29.7 Å². The van der Waals surface area contributed by atoms with Crippen LogP contribution >= 0.6 is 24.0 Å². The molecule has 1 heterocycles. The van der Waals surface area contributed by atoms with Gasteiger partial charge in [0.25, 0.3) is 0 Å². The van der Waals surface area contributed by atoms with Crippen molar-refractivity contribution in [2.24, 2.45) is 4.99 Å². The highest BCUT2D eigenvalue weighted by Gasteiger charge is 2.13. The van der Waals surface area contributed by atoms with Crippen LogP contribution < -0.4 is 10.6 Å². The second-order valence-corrected chi connectivity index (χ2v) is 9.23. The minimum absolute atomic E-state index is 0. The van der Waals surface area contributed by atoms with Crippen LogP contribution in [0.3, 0.4) is 0 Å². The van der Waals surface area contributed by atoms with Crippen molar-refractivity contribution >= 4 is 39.8 Å². The number of oxazole rings is 1. The minimum Gasteiger partial charge on any atom is -0.444 e. The zero-order valence-electron chi connectivity index (χ0n) is 18.2. The Morgan fingerprint density at radius 3 is 2.47 bits per heavy atom. The van der Waals surface area contributed by atoms with Gasteiger partial charge in [-0.2, -0.15) is 0 Å². The zero-order valence-corrected chi connectivity index (χ0v) is 21.4. The molecule has 0 saturated heterocycles. The van der Waals surface area contributed by atoms with Crippen LogP contribution in [0.5, 0.6) is 0 Å². The Kier molecular flexibility index (Phi) is 10.2. The van der Waals surface area contributed by atoms with Gasteiger partial charge in [-0.15, -0.1) is 24.0 Å². The van der Waals surface area contributed by atoms with Crippen molar-refractivity contribution in [1.82, 2.24) is 15.6 Å². The third-order valence-electron chi connectivity index (χ3n) is 4.58. The summed E-state index contributed by atoms with van der Waals surface area (Å²) in [6, 6.07) is 16.5. The van der Waals surface area contributed by atoms with Crippen molar-refractivity contribution in [2.45, 2.75) is 31.7 Å². The molecule has 3 rings (SSSR count). The first-order chi connectivity index (χ1) is 15.0. The number of nitrogens with one attached hydrogen (secondary N) is 2. The summed E-state index contributed by atoms with van der Waals surface area (Å²) in [4.78, 5) is 9.37. The highest BCUT2D eigenvalue weighted by molar-refractivity contribution is 14.0. The van der Waals surface area contributed by atoms with E-state index < -0.39 is 9.84 Å². The molecule has 172 valence electrons. The predicted molar refractivity (Wildman–Crippen MR) is 138 cm³/mol. The maximum absolute atomic E-state index is 12.4. The molecule has 0 atom stereocenters. The lowest BCUT2D eigenvalue weighted by atomic mass is 10.1. The highest BCUT2D eigenvalue weighted by Crippen LogP contribution is 2.19. The molecule has 0 unspecified atom stereocenters. The molecule has 7 nitrogen and oxygen atoms in total. The Morgan fingerprint density at radius 2 is 1.78 bits per heavy atom. The van der Waals surface area contributed by atoms with Crippen molar-refractivity contribution in [3.63, 3.8) is 0 Å². The molecule has 3 aromatic rings. The fourth-order valence-corrected chi connectivity index (χ4v) is 4.26. The van der Waals surface area contributed by atoms with E-state index in [9.17, 15) is 8.42 Å². The van der Waals surface area contributed by atoms with Crippen molar-refractivity contribution in [3.05, 3.63) is 72.1 Å². The standard InChI is InChI=1S/C23H28N4O3S.HI/c1-3-24-23(25-14-7-15-31(28,29)21-8-5-4-6-9-21)26-16-20-17-30-22(27-20)19-12-10-18(2)11-13-19;/h4-6,8-13,17H,3,7,14-16H2,1-2H3,(H2,24,25,26);1H. The smallest absolute Gasteiger partial charge is 0.226 e. The van der Waals surface area contributed by atoms with Gasteiger partial charge in [-0.1, -0.05) is 35.9 Å². The summed E-state index contributed by atoms with van der Waals surface area (Å²) in [5.41, 5.74) is 2.82. The normalized spacial score (nSPS) is 11.6. The van der Waals surface area contributed by atoms with Crippen molar-refractivity contribution in [2.75, 3.05) is 18.8 Å². The summed E-state index contributed by atoms with van der Waals surface area (Å²) in [5.74, 6) is 1.25. The summed E-state index contributed by atoms with van der Waals surface area (Å²) in [7, 11) is -3.27. The number of aliphatic imine (C=N–C) groups is 1. The van der Waals surface area contributed by atoms with E-state index >= 15 is 0 Å². The van der Waals surface area contributed by atoms with Crippen molar-refractivity contribution in [3.8, 4) is 11.5 Å². The molecule has 0 fully saturated rings. The number of hydrogen-bond donors (Lipinski definition) is 2. The van der Waals surface area contributed by atoms with Crippen molar-refractivity contribution in [1.29, 1.82) is 0 Å². The molecule has 0 saturated carbocycles. The molecule has 0 radical (unpaired) electrons. The first-order valence-corrected chi connectivity index (χ1v) is 11.9. The summed E-state index contributed by atoms with van der Waals surface area (Å²) < 4.78 is 30.3. The molecular weight excluding hydrogens is 539 g/mol. The number of rotatable bonds is 9. The van der Waals surface area contributed by atoms with Gasteiger partial charge in [0.1, 0.15) is 12.0 Å². The van der Waals surface area contributed by atoms with E-state index in [0.29, 0.717) is 42.8 Å². The first-order valence-electron chi connectivity index (χ1n) is 10.3. The van der Waals surface area contributed by atoms with Crippen LogP contribution in [0.1, 0.15) is 24.6 Å². The number of nitrogens with zero attached hydrogens (tertiary/aromatic N) is 2. The predicted octanol–water partition coefficient (Wildman–Crippen LogP) is 4.19. The Hall–Kier alpha value is -2.40. The number of aryl methyl sites for hydroxylation is 1. The molecule has 0 bridgehead atoms. The third kappa shape index (κ3) is 7.63. The molecule has 0 aliphatic rings. The molecule has 0 amide bonds. The SMILES string of the molecule is CCNC(=NCc1coc(-c2ccc(C)cc2)n1)NCCCS(=O)(=O)c1ccccc1.I. The Bertz CT molecular complexity index is 1100. The molecule has 2 N–H and O–H groups in total. The number of sulfone groups is 1. The second-order valence-electron chi connectivity index (χ2n) is 7.12. The average Bonchev–Trinajstić information content (AvgIpc) is 3.25. The van der Waals surface area contributed by atoms with Crippen LogP contribution in [0, 0.1) is 6.92 Å². The molecule has 9 heteroatoms. The largest absolute Gasteiger partial charge is 0.444 e. The van der Waals surface area contributed by atoms with Crippen LogP contribution in [0.4, 0.5) is 0 Å². The number of hydrogen-bond acceptors (Lipinski definition) is 5. The maximum Gasteiger partial charge on any atom is 0.226 e. The number of benzene rings is 2. The van der Waals surface area contributed by atoms with Gasteiger partial charge in [-0.05, 0) is 44.5 Å². The number of guanidine groups is 1. The fourth-order valence-electron chi connectivity index (χ4n) is 2.92. The van der Waals surface area contributed by atoms with Gasteiger partial charge >= 0.3 is 0 Å². The third-order valence-corrected chi connectivity index (χ3v) is 6.39. The summed E-state index contributed by atoms with van der Waals surface area (Å²) >= 11 is 0. The maximum atomic E-state index is 12.4. The zero-order chi connectivity index (χ0) is 22.1. The van der Waals surface area contributed by atoms with Crippen molar-refractivity contribution < 1.29 is 12.8 Å². The molecule has 1 aromatic heterocycles. The quantitative estimate of drug-likeness (QED) is 0.174. The van der Waals surface area contributed by atoms with E-state index in [1.165, 1.54) is 5.56 Å². The van der Waals surface area contributed by atoms with Gasteiger partial charge in [-0.3, -0.25) is 0 Å². The Labute approximate surface area is 206 Å². The summed E-state index contributed by atoms with van der Waals surface area (Å²) in [5, 5.41) is 6.33. The van der Waals surface area contributed by atoms with Gasteiger partial charge in [0.15, 0.2) is 15.8 Å². The topological polar surface area (TPSA) is 96.6 Å². The van der Waals surface area contributed by atoms with Crippen LogP contribution in [0.2, 0.25) is 0 Å². The van der Waals surface area contributed by atoms with E-state index in [4.69, 9.17) is 4.42 Å². The molecular formula is C23H29IN4O3S. The Morgan fingerprint density at radius 1 is 1.06 bits per heavy atom. The van der Waals surface area contributed by atoms with Crippen LogP contribution in [-0.4, -0.2) is 38.2 Å². The van der Waals surface area contributed by atoms with E-state index in [0.717, 1.165) is 11.3 Å². The van der Waals surface area contributed by atoms with Gasteiger partial charge in [0.05, 0.1) is 17.2 Å². The fraction of sp³-hybridized carbons (Fsp3) is 0.304. The summed E-state index contributed by atoms with van der Waals surface area (Å²) in [6.45, 7) is 5.55. The first kappa shape index (κ1) is 25.9. The van der Waals surface area contributed by atoms with Gasteiger partial charge < -0.3 is 15.1 Å². The average molecular weight is 568 g/mol. The lowest BCUT2D eigenvalue weighted by molar-refractivity contribution is 0.572. The Balaban J connectivity index is 0.00000363. The summed E-state index contributed by atoms with van der Waals surface area (Å²) in [6.07, 6.45) is 2.08. The van der Waals surface area contributed by atoms with E-state index in [2.05, 4.69) is 20.6 Å². The monoisotopic (exact) mass is 568 g/mol. The molecule has 32 heavy (non-hydrogen) atoms.